The molecule has 0 atom stereocenters. The summed E-state index contributed by atoms with van der Waals surface area (Å²) >= 11 is 0. The maximum atomic E-state index is 11.6. The van der Waals surface area contributed by atoms with E-state index in [0.717, 1.165) is 24.9 Å². The highest BCUT2D eigenvalue weighted by Gasteiger charge is 2.22. The Morgan fingerprint density at radius 1 is 1.11 bits per heavy atom. The minimum absolute atomic E-state index is 0.178. The van der Waals surface area contributed by atoms with Crippen LogP contribution in [0.25, 0.3) is 0 Å². The van der Waals surface area contributed by atoms with Crippen LogP contribution in [0.2, 0.25) is 0 Å². The third-order valence-electron chi connectivity index (χ3n) is 4.21. The topological polar surface area (TPSA) is 41.1 Å². The predicted molar refractivity (Wildman–Crippen MR) is 81.1 cm³/mol. The second-order valence-electron chi connectivity index (χ2n) is 6.76. The van der Waals surface area contributed by atoms with Crippen molar-refractivity contribution in [2.45, 2.75) is 65.8 Å². The van der Waals surface area contributed by atoms with Crippen molar-refractivity contribution in [2.24, 2.45) is 17.8 Å². The van der Waals surface area contributed by atoms with Gasteiger partial charge >= 0.3 is 0 Å². The molecule has 1 aliphatic carbocycles. The van der Waals surface area contributed by atoms with Crippen molar-refractivity contribution in [1.82, 2.24) is 10.6 Å². The fourth-order valence-corrected chi connectivity index (χ4v) is 2.79. The van der Waals surface area contributed by atoms with E-state index < -0.39 is 0 Å². The highest BCUT2D eigenvalue weighted by Crippen LogP contribution is 2.29. The van der Waals surface area contributed by atoms with Gasteiger partial charge in [-0.15, -0.1) is 0 Å². The molecular weight excluding hydrogens is 236 g/mol. The predicted octanol–water partition coefficient (Wildman–Crippen LogP) is 2.95. The van der Waals surface area contributed by atoms with E-state index in [4.69, 9.17) is 0 Å². The van der Waals surface area contributed by atoms with Crippen LogP contribution in [0.15, 0.2) is 0 Å². The van der Waals surface area contributed by atoms with Crippen molar-refractivity contribution < 1.29 is 4.79 Å². The third-order valence-corrected chi connectivity index (χ3v) is 4.21. The van der Waals surface area contributed by atoms with E-state index in [2.05, 4.69) is 38.3 Å². The third kappa shape index (κ3) is 6.95. The Balaban J connectivity index is 2.06. The molecule has 3 nitrogen and oxygen atoms in total. The lowest BCUT2D eigenvalue weighted by Gasteiger charge is -2.31. The van der Waals surface area contributed by atoms with Gasteiger partial charge in [0, 0.05) is 25.6 Å². The highest BCUT2D eigenvalue weighted by atomic mass is 16.1. The van der Waals surface area contributed by atoms with Gasteiger partial charge in [-0.05, 0) is 43.4 Å². The van der Waals surface area contributed by atoms with Crippen LogP contribution in [-0.2, 0) is 4.79 Å². The van der Waals surface area contributed by atoms with Gasteiger partial charge in [-0.2, -0.15) is 0 Å². The lowest BCUT2D eigenvalue weighted by molar-refractivity contribution is -0.121. The van der Waals surface area contributed by atoms with Gasteiger partial charge in [0.2, 0.25) is 5.91 Å². The normalized spacial score (nSPS) is 23.9. The van der Waals surface area contributed by atoms with Crippen LogP contribution in [0.4, 0.5) is 0 Å². The van der Waals surface area contributed by atoms with Gasteiger partial charge < -0.3 is 10.6 Å². The number of nitrogens with one attached hydrogen (secondary N) is 2. The van der Waals surface area contributed by atoms with Gasteiger partial charge in [-0.3, -0.25) is 4.79 Å². The Kier molecular flexibility index (Phi) is 7.44. The largest absolute Gasteiger partial charge is 0.356 e. The summed E-state index contributed by atoms with van der Waals surface area (Å²) in [6.07, 6.45) is 5.84. The molecule has 1 rings (SSSR count). The summed E-state index contributed by atoms with van der Waals surface area (Å²) in [5, 5.41) is 6.50. The standard InChI is InChI=1S/C16H32N2O/c1-12(2)11-18-16(19)9-10-17-15-7-5-14(6-8-15)13(3)4/h12-15,17H,5-11H2,1-4H3,(H,18,19). The first-order chi connectivity index (χ1) is 8.99. The van der Waals surface area contributed by atoms with Crippen molar-refractivity contribution >= 4 is 5.91 Å². The second-order valence-corrected chi connectivity index (χ2v) is 6.76. The Bertz CT molecular complexity index is 255. The summed E-state index contributed by atoms with van der Waals surface area (Å²) in [6, 6.07) is 0.632. The molecule has 1 fully saturated rings. The molecule has 2 N–H and O–H groups in total. The van der Waals surface area contributed by atoms with Crippen LogP contribution < -0.4 is 10.6 Å². The Morgan fingerprint density at radius 2 is 1.74 bits per heavy atom. The van der Waals surface area contributed by atoms with Crippen LogP contribution in [-0.4, -0.2) is 25.0 Å². The van der Waals surface area contributed by atoms with Gasteiger partial charge in [0.25, 0.3) is 0 Å². The van der Waals surface area contributed by atoms with Gasteiger partial charge in [-0.1, -0.05) is 27.7 Å². The van der Waals surface area contributed by atoms with E-state index in [1.165, 1.54) is 25.7 Å². The van der Waals surface area contributed by atoms with Crippen LogP contribution in [0.1, 0.15) is 59.8 Å². The van der Waals surface area contributed by atoms with Crippen LogP contribution in [0, 0.1) is 17.8 Å². The smallest absolute Gasteiger partial charge is 0.221 e. The molecule has 1 amide bonds. The lowest BCUT2D eigenvalue weighted by atomic mass is 9.80. The lowest BCUT2D eigenvalue weighted by Crippen LogP contribution is -2.37. The SMILES string of the molecule is CC(C)CNC(=O)CCNC1CCC(C(C)C)CC1. The van der Waals surface area contributed by atoms with Crippen LogP contribution in [0.3, 0.4) is 0 Å². The molecular formula is C16H32N2O. The number of hydrogen-bond acceptors (Lipinski definition) is 2. The average molecular weight is 268 g/mol. The van der Waals surface area contributed by atoms with Crippen molar-refractivity contribution in [2.75, 3.05) is 13.1 Å². The minimum Gasteiger partial charge on any atom is -0.356 e. The average Bonchev–Trinajstić information content (AvgIpc) is 2.37. The van der Waals surface area contributed by atoms with E-state index in [9.17, 15) is 4.79 Å². The monoisotopic (exact) mass is 268 g/mol. The van der Waals surface area contributed by atoms with Gasteiger partial charge in [0.1, 0.15) is 0 Å². The molecule has 112 valence electrons. The molecule has 0 spiro atoms. The van der Waals surface area contributed by atoms with E-state index >= 15 is 0 Å². The summed E-state index contributed by atoms with van der Waals surface area (Å²) < 4.78 is 0. The summed E-state index contributed by atoms with van der Waals surface area (Å²) in [7, 11) is 0. The van der Waals surface area contributed by atoms with E-state index in [1.54, 1.807) is 0 Å². The van der Waals surface area contributed by atoms with Gasteiger partial charge in [0.05, 0.1) is 0 Å². The van der Waals surface area contributed by atoms with E-state index in [1.807, 2.05) is 0 Å². The number of amides is 1. The maximum Gasteiger partial charge on any atom is 0.221 e. The maximum absolute atomic E-state index is 11.6. The van der Waals surface area contributed by atoms with Crippen molar-refractivity contribution in [3.05, 3.63) is 0 Å². The van der Waals surface area contributed by atoms with Crippen LogP contribution in [0.5, 0.6) is 0 Å². The molecule has 0 aromatic heterocycles. The van der Waals surface area contributed by atoms with Crippen molar-refractivity contribution in [3.8, 4) is 0 Å². The van der Waals surface area contributed by atoms with E-state index in [0.29, 0.717) is 18.4 Å². The molecule has 3 heteroatoms. The van der Waals surface area contributed by atoms with E-state index in [-0.39, 0.29) is 5.91 Å². The molecule has 0 bridgehead atoms. The Morgan fingerprint density at radius 3 is 2.26 bits per heavy atom. The molecule has 0 saturated heterocycles. The summed E-state index contributed by atoms with van der Waals surface area (Å²) in [4.78, 5) is 11.6. The summed E-state index contributed by atoms with van der Waals surface area (Å²) in [5.41, 5.74) is 0. The van der Waals surface area contributed by atoms with Crippen LogP contribution >= 0.6 is 0 Å². The molecule has 0 radical (unpaired) electrons. The first kappa shape index (κ1) is 16.5. The molecule has 0 unspecified atom stereocenters. The first-order valence-electron chi connectivity index (χ1n) is 7.99. The quantitative estimate of drug-likeness (QED) is 0.745. The Labute approximate surface area is 118 Å². The molecule has 0 heterocycles. The first-order valence-corrected chi connectivity index (χ1v) is 7.99. The molecule has 0 aliphatic heterocycles. The Hall–Kier alpha value is -0.570. The number of carbonyl (C=O) groups is 1. The second kappa shape index (κ2) is 8.57. The molecule has 1 saturated carbocycles. The zero-order chi connectivity index (χ0) is 14.3. The zero-order valence-corrected chi connectivity index (χ0v) is 13.2. The molecule has 19 heavy (non-hydrogen) atoms. The molecule has 1 aliphatic rings. The zero-order valence-electron chi connectivity index (χ0n) is 13.2. The van der Waals surface area contributed by atoms with Crippen molar-refractivity contribution in [1.29, 1.82) is 0 Å². The van der Waals surface area contributed by atoms with Gasteiger partial charge in [-0.25, -0.2) is 0 Å². The minimum atomic E-state index is 0.178. The van der Waals surface area contributed by atoms with Crippen molar-refractivity contribution in [3.63, 3.8) is 0 Å². The molecule has 0 aromatic rings. The number of hydrogen-bond donors (Lipinski definition) is 2. The number of carbonyl (C=O) groups excluding carboxylic acids is 1. The number of rotatable bonds is 7. The van der Waals surface area contributed by atoms with Gasteiger partial charge in [0.15, 0.2) is 0 Å². The summed E-state index contributed by atoms with van der Waals surface area (Å²) in [6.45, 7) is 10.5. The fraction of sp³-hybridized carbons (Fsp3) is 0.938. The highest BCUT2D eigenvalue weighted by molar-refractivity contribution is 5.76. The fourth-order valence-electron chi connectivity index (χ4n) is 2.79. The summed E-state index contributed by atoms with van der Waals surface area (Å²) in [5.74, 6) is 2.44. The molecule has 0 aromatic carbocycles.